The fourth-order valence-electron chi connectivity index (χ4n) is 2.92. The topological polar surface area (TPSA) is 74.6 Å². The summed E-state index contributed by atoms with van der Waals surface area (Å²) in [5.41, 5.74) is 1.65. The van der Waals surface area contributed by atoms with Crippen LogP contribution >= 0.6 is 0 Å². The van der Waals surface area contributed by atoms with Crippen molar-refractivity contribution in [1.29, 1.82) is 0 Å². The fraction of sp³-hybridized carbons (Fsp3) is 0.429. The molecular weight excluding hydrogens is 342 g/mol. The van der Waals surface area contributed by atoms with Gasteiger partial charge < -0.3 is 15.1 Å². The Bertz CT molecular complexity index is 707. The molecule has 1 heterocycles. The van der Waals surface area contributed by atoms with Gasteiger partial charge in [0.05, 0.1) is 19.4 Å². The molecule has 1 aromatic heterocycles. The highest BCUT2D eigenvalue weighted by molar-refractivity contribution is 5.93. The molecule has 0 aliphatic carbocycles. The summed E-state index contributed by atoms with van der Waals surface area (Å²) < 4.78 is 5.45. The second-order valence-corrected chi connectivity index (χ2v) is 6.58. The zero-order valence-corrected chi connectivity index (χ0v) is 16.3. The molecular formula is C21H29N3O3. The second-order valence-electron chi connectivity index (χ2n) is 6.58. The van der Waals surface area contributed by atoms with E-state index in [-0.39, 0.29) is 24.4 Å². The second kappa shape index (κ2) is 10.5. The molecule has 2 N–H and O–H groups in total. The average Bonchev–Trinajstić information content (AvgIpc) is 3.19. The molecule has 27 heavy (non-hydrogen) atoms. The monoisotopic (exact) mass is 371 g/mol. The molecule has 0 aliphatic rings. The van der Waals surface area contributed by atoms with Crippen molar-refractivity contribution in [3.8, 4) is 0 Å². The van der Waals surface area contributed by atoms with Crippen LogP contribution < -0.4 is 10.6 Å². The molecule has 0 saturated heterocycles. The van der Waals surface area contributed by atoms with E-state index in [9.17, 15) is 9.59 Å². The first-order valence-electron chi connectivity index (χ1n) is 9.40. The summed E-state index contributed by atoms with van der Waals surface area (Å²) in [5.74, 6) is 0.711. The van der Waals surface area contributed by atoms with Crippen molar-refractivity contribution in [2.24, 2.45) is 0 Å². The van der Waals surface area contributed by atoms with Gasteiger partial charge in [0.15, 0.2) is 0 Å². The smallest absolute Gasteiger partial charge is 0.251 e. The number of benzene rings is 1. The first-order valence-corrected chi connectivity index (χ1v) is 9.40. The van der Waals surface area contributed by atoms with E-state index in [1.165, 1.54) is 0 Å². The Labute approximate surface area is 160 Å². The molecule has 1 aromatic carbocycles. The summed E-state index contributed by atoms with van der Waals surface area (Å²) in [6, 6.07) is 11.4. The van der Waals surface area contributed by atoms with Gasteiger partial charge in [-0.3, -0.25) is 14.5 Å². The Kier molecular flexibility index (Phi) is 8.07. The number of hydrogen-bond acceptors (Lipinski definition) is 4. The SMILES string of the molecule is CCC(CC)NC(=O)CN(Cc1ccc(C(=O)NC)cc1)Cc1ccco1. The summed E-state index contributed by atoms with van der Waals surface area (Å²) in [6.07, 6.45) is 3.47. The molecule has 2 amide bonds. The van der Waals surface area contributed by atoms with Gasteiger partial charge in [-0.25, -0.2) is 0 Å². The van der Waals surface area contributed by atoms with Crippen LogP contribution in [-0.2, 0) is 17.9 Å². The Balaban J connectivity index is 2.05. The van der Waals surface area contributed by atoms with Crippen LogP contribution in [0.5, 0.6) is 0 Å². The van der Waals surface area contributed by atoms with Crippen molar-refractivity contribution >= 4 is 11.8 Å². The van der Waals surface area contributed by atoms with Gasteiger partial charge in [0.25, 0.3) is 5.91 Å². The zero-order chi connectivity index (χ0) is 19.6. The van der Waals surface area contributed by atoms with Crippen molar-refractivity contribution < 1.29 is 14.0 Å². The van der Waals surface area contributed by atoms with Gasteiger partial charge in [-0.05, 0) is 42.7 Å². The number of amides is 2. The number of furan rings is 1. The maximum absolute atomic E-state index is 12.4. The minimum absolute atomic E-state index is 0.0113. The maximum atomic E-state index is 12.4. The highest BCUT2D eigenvalue weighted by Crippen LogP contribution is 2.12. The van der Waals surface area contributed by atoms with Crippen molar-refractivity contribution in [3.63, 3.8) is 0 Å². The Morgan fingerprint density at radius 2 is 1.78 bits per heavy atom. The first kappa shape index (κ1) is 20.7. The first-order chi connectivity index (χ1) is 13.0. The van der Waals surface area contributed by atoms with Crippen LogP contribution in [0.15, 0.2) is 47.1 Å². The van der Waals surface area contributed by atoms with Crippen molar-refractivity contribution in [2.45, 2.75) is 45.8 Å². The van der Waals surface area contributed by atoms with E-state index in [0.717, 1.165) is 24.2 Å². The molecule has 0 bridgehead atoms. The molecule has 6 nitrogen and oxygen atoms in total. The van der Waals surface area contributed by atoms with Gasteiger partial charge in [0.1, 0.15) is 5.76 Å². The Morgan fingerprint density at radius 1 is 1.07 bits per heavy atom. The molecule has 2 rings (SSSR count). The molecule has 0 fully saturated rings. The molecule has 6 heteroatoms. The van der Waals surface area contributed by atoms with E-state index in [4.69, 9.17) is 4.42 Å². The van der Waals surface area contributed by atoms with Crippen molar-refractivity contribution in [2.75, 3.05) is 13.6 Å². The van der Waals surface area contributed by atoms with Crippen LogP contribution in [0.4, 0.5) is 0 Å². The van der Waals surface area contributed by atoms with E-state index in [1.807, 2.05) is 29.2 Å². The maximum Gasteiger partial charge on any atom is 0.251 e. The van der Waals surface area contributed by atoms with Crippen LogP contribution in [0.25, 0.3) is 0 Å². The molecule has 0 saturated carbocycles. The highest BCUT2D eigenvalue weighted by atomic mass is 16.3. The highest BCUT2D eigenvalue weighted by Gasteiger charge is 2.16. The predicted molar refractivity (Wildman–Crippen MR) is 105 cm³/mol. The Hall–Kier alpha value is -2.60. The summed E-state index contributed by atoms with van der Waals surface area (Å²) in [5, 5.41) is 5.69. The van der Waals surface area contributed by atoms with Crippen molar-refractivity contribution in [3.05, 3.63) is 59.5 Å². The van der Waals surface area contributed by atoms with E-state index in [0.29, 0.717) is 18.7 Å². The minimum Gasteiger partial charge on any atom is -0.468 e. The molecule has 2 aromatic rings. The normalized spacial score (nSPS) is 11.0. The van der Waals surface area contributed by atoms with Gasteiger partial charge in [0.2, 0.25) is 5.91 Å². The Morgan fingerprint density at radius 3 is 2.33 bits per heavy atom. The summed E-state index contributed by atoms with van der Waals surface area (Å²) in [6.45, 7) is 5.56. The van der Waals surface area contributed by atoms with Gasteiger partial charge in [0, 0.05) is 25.2 Å². The zero-order valence-electron chi connectivity index (χ0n) is 16.3. The van der Waals surface area contributed by atoms with Crippen LogP contribution in [0.3, 0.4) is 0 Å². The van der Waals surface area contributed by atoms with Gasteiger partial charge in [-0.1, -0.05) is 26.0 Å². The number of hydrogen-bond donors (Lipinski definition) is 2. The standard InChI is InChI=1S/C21H29N3O3/c1-4-18(5-2)23-20(25)15-24(14-19-7-6-12-27-19)13-16-8-10-17(11-9-16)21(26)22-3/h6-12,18H,4-5,13-15H2,1-3H3,(H,22,26)(H,23,25). The quantitative estimate of drug-likeness (QED) is 0.673. The van der Waals surface area contributed by atoms with Crippen LogP contribution in [-0.4, -0.2) is 36.3 Å². The number of nitrogens with one attached hydrogen (secondary N) is 2. The lowest BCUT2D eigenvalue weighted by molar-refractivity contribution is -0.123. The van der Waals surface area contributed by atoms with Crippen LogP contribution in [0.1, 0.15) is 48.4 Å². The van der Waals surface area contributed by atoms with E-state index in [2.05, 4.69) is 24.5 Å². The largest absolute Gasteiger partial charge is 0.468 e. The predicted octanol–water partition coefficient (Wildman–Crippen LogP) is 2.95. The van der Waals surface area contributed by atoms with Gasteiger partial charge in [-0.15, -0.1) is 0 Å². The van der Waals surface area contributed by atoms with Gasteiger partial charge >= 0.3 is 0 Å². The van der Waals surface area contributed by atoms with E-state index in [1.54, 1.807) is 25.4 Å². The lowest BCUT2D eigenvalue weighted by Crippen LogP contribution is -2.41. The molecule has 0 radical (unpaired) electrons. The number of carbonyl (C=O) groups is 2. The minimum atomic E-state index is -0.112. The third-order valence-electron chi connectivity index (χ3n) is 4.53. The molecule has 146 valence electrons. The molecule has 0 spiro atoms. The lowest BCUT2D eigenvalue weighted by Gasteiger charge is -2.23. The number of rotatable bonds is 10. The van der Waals surface area contributed by atoms with Crippen molar-refractivity contribution in [1.82, 2.24) is 15.5 Å². The lowest BCUT2D eigenvalue weighted by atomic mass is 10.1. The fourth-order valence-corrected chi connectivity index (χ4v) is 2.92. The van der Waals surface area contributed by atoms with E-state index >= 15 is 0 Å². The van der Waals surface area contributed by atoms with E-state index < -0.39 is 0 Å². The summed E-state index contributed by atoms with van der Waals surface area (Å²) in [4.78, 5) is 26.2. The third-order valence-corrected chi connectivity index (χ3v) is 4.53. The van der Waals surface area contributed by atoms with Crippen LogP contribution in [0, 0.1) is 0 Å². The number of carbonyl (C=O) groups excluding carboxylic acids is 2. The number of nitrogens with zero attached hydrogens (tertiary/aromatic N) is 1. The summed E-state index contributed by atoms with van der Waals surface area (Å²) in [7, 11) is 1.61. The summed E-state index contributed by atoms with van der Waals surface area (Å²) >= 11 is 0. The molecule has 0 atom stereocenters. The average molecular weight is 371 g/mol. The van der Waals surface area contributed by atoms with Gasteiger partial charge in [-0.2, -0.15) is 0 Å². The van der Waals surface area contributed by atoms with Crippen LogP contribution in [0.2, 0.25) is 0 Å². The molecule has 0 unspecified atom stereocenters. The molecule has 0 aliphatic heterocycles. The third kappa shape index (κ3) is 6.57.